The lowest BCUT2D eigenvalue weighted by Gasteiger charge is -2.29. The Kier molecular flexibility index (Phi) is 5.29. The summed E-state index contributed by atoms with van der Waals surface area (Å²) in [6.45, 7) is 4.68. The molecule has 0 radical (unpaired) electrons. The van der Waals surface area contributed by atoms with E-state index in [-0.39, 0.29) is 41.8 Å². The van der Waals surface area contributed by atoms with Crippen LogP contribution in [-0.4, -0.2) is 46.9 Å². The van der Waals surface area contributed by atoms with Crippen LogP contribution in [0.15, 0.2) is 35.5 Å². The Balaban J connectivity index is 1.58. The molecule has 1 saturated heterocycles. The summed E-state index contributed by atoms with van der Waals surface area (Å²) in [5.41, 5.74) is 1.10. The zero-order valence-corrected chi connectivity index (χ0v) is 18.0. The zero-order chi connectivity index (χ0) is 22.3. The summed E-state index contributed by atoms with van der Waals surface area (Å²) < 4.78 is 29.9. The van der Waals surface area contributed by atoms with Gasteiger partial charge in [-0.05, 0) is 24.5 Å². The number of hydrogen-bond donors (Lipinski definition) is 2. The van der Waals surface area contributed by atoms with E-state index >= 15 is 0 Å². The molecule has 0 saturated carbocycles. The molecule has 1 aromatic carbocycles. The first-order chi connectivity index (χ1) is 14.7. The van der Waals surface area contributed by atoms with Crippen LogP contribution >= 0.6 is 0 Å². The summed E-state index contributed by atoms with van der Waals surface area (Å²) in [5, 5.41) is 6.35. The molecule has 2 aromatic rings. The van der Waals surface area contributed by atoms with Crippen molar-refractivity contribution >= 4 is 33.4 Å². The quantitative estimate of drug-likeness (QED) is 0.641. The summed E-state index contributed by atoms with van der Waals surface area (Å²) in [6, 6.07) is 4.00. The van der Waals surface area contributed by atoms with Crippen LogP contribution in [-0.2, 0) is 32.7 Å². The third-order valence-corrected chi connectivity index (χ3v) is 6.62. The smallest absolute Gasteiger partial charge is 0.265 e. The fourth-order valence-corrected chi connectivity index (χ4v) is 4.89. The van der Waals surface area contributed by atoms with E-state index in [0.29, 0.717) is 23.6 Å². The molecule has 0 bridgehead atoms. The average molecular weight is 446 g/mol. The summed E-state index contributed by atoms with van der Waals surface area (Å²) in [7, 11) is -3.91. The molecule has 1 atom stereocenters. The van der Waals surface area contributed by atoms with Gasteiger partial charge in [-0.3, -0.25) is 29.1 Å². The number of anilines is 1. The lowest BCUT2D eigenvalue weighted by Crippen LogP contribution is -2.52. The number of carbonyl (C=O) groups is 3. The molecule has 11 heteroatoms. The van der Waals surface area contributed by atoms with Crippen LogP contribution in [0.2, 0.25) is 0 Å². The summed E-state index contributed by atoms with van der Waals surface area (Å²) in [4.78, 5) is 37.9. The highest BCUT2D eigenvalue weighted by Crippen LogP contribution is 2.33. The highest BCUT2D eigenvalue weighted by atomic mass is 32.2. The standard InChI is InChI=1S/C20H23N5O5S/c1-12(2)9-24-10-13(8-21-24)31(29,30)23-16-5-3-4-14-15(16)11-25(20(14)28)17-6-7-18(26)22-19(17)27/h3-5,8,10,12,17,23H,6-7,9,11H2,1-2H3,(H,22,26,27). The number of fused-ring (bicyclic) bond motifs is 1. The molecule has 4 rings (SSSR count). The number of benzene rings is 1. The fourth-order valence-electron chi connectivity index (χ4n) is 3.84. The number of nitrogens with zero attached hydrogens (tertiary/aromatic N) is 3. The maximum atomic E-state index is 12.9. The van der Waals surface area contributed by atoms with Gasteiger partial charge in [0.2, 0.25) is 11.8 Å². The summed E-state index contributed by atoms with van der Waals surface area (Å²) in [5.74, 6) is -0.936. The van der Waals surface area contributed by atoms with E-state index in [2.05, 4.69) is 15.1 Å². The normalized spacial score (nSPS) is 19.0. The summed E-state index contributed by atoms with van der Waals surface area (Å²) >= 11 is 0. The Labute approximate surface area is 179 Å². The Morgan fingerprint density at radius 2 is 2.03 bits per heavy atom. The van der Waals surface area contributed by atoms with Gasteiger partial charge in [0.1, 0.15) is 10.9 Å². The Morgan fingerprint density at radius 1 is 1.26 bits per heavy atom. The molecule has 1 fully saturated rings. The lowest BCUT2D eigenvalue weighted by atomic mass is 10.0. The number of hydrogen-bond acceptors (Lipinski definition) is 6. The van der Waals surface area contributed by atoms with Crippen molar-refractivity contribution in [3.63, 3.8) is 0 Å². The number of amides is 3. The van der Waals surface area contributed by atoms with Crippen molar-refractivity contribution in [2.75, 3.05) is 4.72 Å². The molecular weight excluding hydrogens is 422 g/mol. The van der Waals surface area contributed by atoms with Gasteiger partial charge in [0.15, 0.2) is 0 Å². The van der Waals surface area contributed by atoms with Crippen LogP contribution in [0.3, 0.4) is 0 Å². The van der Waals surface area contributed by atoms with E-state index in [1.165, 1.54) is 17.3 Å². The molecule has 2 N–H and O–H groups in total. The van der Waals surface area contributed by atoms with Crippen molar-refractivity contribution < 1.29 is 22.8 Å². The van der Waals surface area contributed by atoms with Gasteiger partial charge in [0.05, 0.1) is 11.9 Å². The second-order valence-electron chi connectivity index (χ2n) is 8.13. The van der Waals surface area contributed by atoms with Crippen molar-refractivity contribution in [2.45, 2.75) is 50.7 Å². The molecule has 2 aliphatic rings. The maximum Gasteiger partial charge on any atom is 0.265 e. The first-order valence-electron chi connectivity index (χ1n) is 9.97. The first-order valence-corrected chi connectivity index (χ1v) is 11.5. The topological polar surface area (TPSA) is 130 Å². The van der Waals surface area contributed by atoms with Crippen molar-refractivity contribution in [3.8, 4) is 0 Å². The first kappa shape index (κ1) is 21.0. The largest absolute Gasteiger partial charge is 0.322 e. The monoisotopic (exact) mass is 445 g/mol. The van der Waals surface area contributed by atoms with E-state index in [1.807, 2.05) is 13.8 Å². The van der Waals surface area contributed by atoms with Gasteiger partial charge in [0.25, 0.3) is 15.9 Å². The van der Waals surface area contributed by atoms with Crippen LogP contribution in [0.5, 0.6) is 0 Å². The number of nitrogens with one attached hydrogen (secondary N) is 2. The van der Waals surface area contributed by atoms with Gasteiger partial charge in [-0.25, -0.2) is 8.42 Å². The highest BCUT2D eigenvalue weighted by molar-refractivity contribution is 7.92. The van der Waals surface area contributed by atoms with Crippen molar-refractivity contribution in [1.82, 2.24) is 20.0 Å². The van der Waals surface area contributed by atoms with Crippen LogP contribution in [0.4, 0.5) is 5.69 Å². The number of rotatable bonds is 6. The number of carbonyl (C=O) groups excluding carboxylic acids is 3. The predicted octanol–water partition coefficient (Wildman–Crippen LogP) is 1.10. The van der Waals surface area contributed by atoms with Gasteiger partial charge in [-0.1, -0.05) is 19.9 Å². The third-order valence-electron chi connectivity index (χ3n) is 5.30. The van der Waals surface area contributed by atoms with Crippen molar-refractivity contribution in [1.29, 1.82) is 0 Å². The lowest BCUT2D eigenvalue weighted by molar-refractivity contribution is -0.136. The SMILES string of the molecule is CC(C)Cn1cc(S(=O)(=O)Nc2cccc3c2CN(C2CCC(=O)NC2=O)C3=O)cn1. The third kappa shape index (κ3) is 4.05. The molecular formula is C20H23N5O5S. The number of imide groups is 1. The minimum absolute atomic E-state index is 0.0251. The maximum absolute atomic E-state index is 12.9. The molecule has 10 nitrogen and oxygen atoms in total. The van der Waals surface area contributed by atoms with Crippen LogP contribution in [0, 0.1) is 5.92 Å². The van der Waals surface area contributed by atoms with E-state index in [0.717, 1.165) is 0 Å². The molecule has 3 amide bonds. The van der Waals surface area contributed by atoms with Crippen LogP contribution in [0.25, 0.3) is 0 Å². The zero-order valence-electron chi connectivity index (χ0n) is 17.2. The van der Waals surface area contributed by atoms with Gasteiger partial charge in [-0.2, -0.15) is 5.10 Å². The average Bonchev–Trinajstić information content (AvgIpc) is 3.28. The predicted molar refractivity (Wildman–Crippen MR) is 110 cm³/mol. The van der Waals surface area contributed by atoms with Crippen LogP contribution < -0.4 is 10.0 Å². The van der Waals surface area contributed by atoms with Gasteiger partial charge < -0.3 is 4.90 Å². The molecule has 2 aliphatic heterocycles. The number of aromatic nitrogens is 2. The number of sulfonamides is 1. The van der Waals surface area contributed by atoms with E-state index in [1.54, 1.807) is 22.9 Å². The van der Waals surface area contributed by atoms with Crippen molar-refractivity contribution in [3.05, 3.63) is 41.7 Å². The van der Waals surface area contributed by atoms with E-state index in [4.69, 9.17) is 0 Å². The van der Waals surface area contributed by atoms with Gasteiger partial charge in [-0.15, -0.1) is 0 Å². The molecule has 1 unspecified atom stereocenters. The molecule has 3 heterocycles. The summed E-state index contributed by atoms with van der Waals surface area (Å²) in [6.07, 6.45) is 3.14. The van der Waals surface area contributed by atoms with E-state index in [9.17, 15) is 22.8 Å². The van der Waals surface area contributed by atoms with Gasteiger partial charge in [0, 0.05) is 36.8 Å². The number of piperidine rings is 1. The fraction of sp³-hybridized carbons (Fsp3) is 0.400. The van der Waals surface area contributed by atoms with E-state index < -0.39 is 22.0 Å². The second kappa shape index (κ2) is 7.80. The molecule has 1 aromatic heterocycles. The van der Waals surface area contributed by atoms with Gasteiger partial charge >= 0.3 is 0 Å². The minimum atomic E-state index is -3.91. The molecule has 0 spiro atoms. The molecule has 0 aliphatic carbocycles. The van der Waals surface area contributed by atoms with Crippen molar-refractivity contribution in [2.24, 2.45) is 5.92 Å². The molecule has 31 heavy (non-hydrogen) atoms. The minimum Gasteiger partial charge on any atom is -0.322 e. The Morgan fingerprint density at radius 3 is 2.74 bits per heavy atom. The highest BCUT2D eigenvalue weighted by Gasteiger charge is 2.40. The van der Waals surface area contributed by atoms with Crippen LogP contribution in [0.1, 0.15) is 42.6 Å². The Hall–Kier alpha value is -3.21. The Bertz CT molecular complexity index is 1170. The molecule has 164 valence electrons. The second-order valence-corrected chi connectivity index (χ2v) is 9.81.